The summed E-state index contributed by atoms with van der Waals surface area (Å²) >= 11 is 1.41. The number of aliphatic hydroxyl groups excluding tert-OH is 1. The lowest BCUT2D eigenvalue weighted by Crippen LogP contribution is -2.08. The average molecular weight is 227 g/mol. The van der Waals surface area contributed by atoms with E-state index in [-0.39, 0.29) is 6.42 Å². The molecule has 0 amide bonds. The summed E-state index contributed by atoms with van der Waals surface area (Å²) in [4.78, 5) is 16.1. The third kappa shape index (κ3) is 2.35. The minimum atomic E-state index is -0.763. The number of carbonyl (C=O) groups is 1. The number of hydrogen-bond acceptors (Lipinski definition) is 5. The normalized spacial score (nSPS) is 17.5. The van der Waals surface area contributed by atoms with Gasteiger partial charge in [0.05, 0.1) is 29.6 Å². The second-order valence-electron chi connectivity index (χ2n) is 3.67. The fraction of sp³-hybridized carbons (Fsp3) is 0.600. The van der Waals surface area contributed by atoms with E-state index < -0.39 is 12.1 Å². The molecule has 1 aliphatic rings. The Labute approximate surface area is 91.9 Å². The number of rotatable bonds is 4. The first-order valence-corrected chi connectivity index (χ1v) is 5.78. The van der Waals surface area contributed by atoms with Crippen LogP contribution in [0.5, 0.6) is 0 Å². The van der Waals surface area contributed by atoms with Crippen LogP contribution in [0.15, 0.2) is 5.51 Å². The van der Waals surface area contributed by atoms with Gasteiger partial charge in [0.25, 0.3) is 0 Å². The number of ether oxygens (including phenoxy) is 1. The van der Waals surface area contributed by atoms with Crippen LogP contribution in [0.3, 0.4) is 0 Å². The minimum absolute atomic E-state index is 0.0123. The minimum Gasteiger partial charge on any atom is -0.469 e. The predicted molar refractivity (Wildman–Crippen MR) is 55.7 cm³/mol. The lowest BCUT2D eigenvalue weighted by atomic mass is 10.1. The highest BCUT2D eigenvalue weighted by Crippen LogP contribution is 2.43. The number of carbonyl (C=O) groups excluding carboxylic acids is 1. The second kappa shape index (κ2) is 4.28. The van der Waals surface area contributed by atoms with Crippen LogP contribution in [-0.2, 0) is 9.53 Å². The predicted octanol–water partition coefficient (Wildman–Crippen LogP) is 1.62. The molecule has 15 heavy (non-hydrogen) atoms. The molecular formula is C10H13NO3S. The van der Waals surface area contributed by atoms with Gasteiger partial charge in [-0.2, -0.15) is 0 Å². The first kappa shape index (κ1) is 10.6. The molecule has 1 N–H and O–H groups in total. The third-order valence-corrected chi connectivity index (χ3v) is 3.42. The number of methoxy groups -OCH3 is 1. The Morgan fingerprint density at radius 1 is 1.80 bits per heavy atom. The smallest absolute Gasteiger partial charge is 0.308 e. The molecule has 1 heterocycles. The standard InChI is InChI=1S/C10H13NO3S/c1-14-8(13)4-7(12)10-9(6-2-3-6)11-5-15-10/h5-7,12H,2-4H2,1H3/t7-/m1/s1. The number of aromatic nitrogens is 1. The Hall–Kier alpha value is -0.940. The molecule has 0 aromatic carbocycles. The van der Waals surface area contributed by atoms with Crippen molar-refractivity contribution >= 4 is 17.3 Å². The lowest BCUT2D eigenvalue weighted by Gasteiger charge is -2.08. The Balaban J connectivity index is 2.07. The summed E-state index contributed by atoms with van der Waals surface area (Å²) in [5.41, 5.74) is 2.69. The zero-order chi connectivity index (χ0) is 10.8. The summed E-state index contributed by atoms with van der Waals surface area (Å²) in [5.74, 6) is 0.108. The van der Waals surface area contributed by atoms with Gasteiger partial charge in [-0.25, -0.2) is 4.98 Å². The van der Waals surface area contributed by atoms with Crippen molar-refractivity contribution in [3.05, 3.63) is 16.1 Å². The molecule has 2 rings (SSSR count). The quantitative estimate of drug-likeness (QED) is 0.794. The second-order valence-corrected chi connectivity index (χ2v) is 4.56. The van der Waals surface area contributed by atoms with Gasteiger partial charge in [0.1, 0.15) is 6.10 Å². The summed E-state index contributed by atoms with van der Waals surface area (Å²) in [6.45, 7) is 0. The van der Waals surface area contributed by atoms with Gasteiger partial charge in [0.15, 0.2) is 0 Å². The number of esters is 1. The van der Waals surface area contributed by atoms with Gasteiger partial charge in [-0.05, 0) is 12.8 Å². The highest BCUT2D eigenvalue weighted by Gasteiger charge is 2.31. The molecule has 0 radical (unpaired) electrons. The summed E-state index contributed by atoms with van der Waals surface area (Å²) in [6.07, 6.45) is 1.53. The van der Waals surface area contributed by atoms with Crippen LogP contribution in [0.2, 0.25) is 0 Å². The van der Waals surface area contributed by atoms with Crippen molar-refractivity contribution in [2.45, 2.75) is 31.3 Å². The van der Waals surface area contributed by atoms with Crippen LogP contribution in [0, 0.1) is 0 Å². The van der Waals surface area contributed by atoms with Crippen molar-refractivity contribution < 1.29 is 14.6 Å². The van der Waals surface area contributed by atoms with Crippen molar-refractivity contribution in [3.8, 4) is 0 Å². The van der Waals surface area contributed by atoms with Crippen LogP contribution in [0.1, 0.15) is 41.9 Å². The van der Waals surface area contributed by atoms with Crippen LogP contribution in [0.25, 0.3) is 0 Å². The molecule has 1 saturated carbocycles. The molecule has 0 saturated heterocycles. The van der Waals surface area contributed by atoms with E-state index in [9.17, 15) is 9.90 Å². The van der Waals surface area contributed by atoms with E-state index in [2.05, 4.69) is 9.72 Å². The molecule has 1 atom stereocenters. The summed E-state index contributed by atoms with van der Waals surface area (Å²) in [6, 6.07) is 0. The summed E-state index contributed by atoms with van der Waals surface area (Å²) < 4.78 is 4.52. The highest BCUT2D eigenvalue weighted by atomic mass is 32.1. The maximum absolute atomic E-state index is 11.0. The molecule has 0 spiro atoms. The molecule has 4 nitrogen and oxygen atoms in total. The van der Waals surface area contributed by atoms with E-state index in [1.54, 1.807) is 5.51 Å². The average Bonchev–Trinajstić information content (AvgIpc) is 2.95. The van der Waals surface area contributed by atoms with Crippen LogP contribution in [-0.4, -0.2) is 23.2 Å². The zero-order valence-corrected chi connectivity index (χ0v) is 9.29. The molecule has 1 aliphatic carbocycles. The van der Waals surface area contributed by atoms with E-state index in [4.69, 9.17) is 0 Å². The first-order valence-electron chi connectivity index (χ1n) is 4.90. The van der Waals surface area contributed by atoms with Crippen molar-refractivity contribution in [3.63, 3.8) is 0 Å². The number of thiazole rings is 1. The first-order chi connectivity index (χ1) is 7.22. The third-order valence-electron chi connectivity index (χ3n) is 2.48. The monoisotopic (exact) mass is 227 g/mol. The van der Waals surface area contributed by atoms with E-state index in [0.29, 0.717) is 5.92 Å². The topological polar surface area (TPSA) is 59.4 Å². The fourth-order valence-corrected chi connectivity index (χ4v) is 2.37. The van der Waals surface area contributed by atoms with E-state index in [1.165, 1.54) is 18.4 Å². The van der Waals surface area contributed by atoms with Gasteiger partial charge < -0.3 is 9.84 Å². The largest absolute Gasteiger partial charge is 0.469 e. The summed E-state index contributed by atoms with van der Waals surface area (Å²) in [5, 5.41) is 9.84. The number of nitrogens with zero attached hydrogens (tertiary/aromatic N) is 1. The SMILES string of the molecule is COC(=O)C[C@@H](O)c1scnc1C1CC1. The highest BCUT2D eigenvalue weighted by molar-refractivity contribution is 7.09. The van der Waals surface area contributed by atoms with Crippen molar-refractivity contribution in [2.75, 3.05) is 7.11 Å². The molecule has 5 heteroatoms. The molecule has 0 unspecified atom stereocenters. The van der Waals surface area contributed by atoms with Gasteiger partial charge in [-0.3, -0.25) is 4.79 Å². The molecule has 1 fully saturated rings. The Morgan fingerprint density at radius 3 is 3.13 bits per heavy atom. The number of hydrogen-bond donors (Lipinski definition) is 1. The van der Waals surface area contributed by atoms with Crippen molar-refractivity contribution in [1.29, 1.82) is 0 Å². The van der Waals surface area contributed by atoms with Gasteiger partial charge in [-0.15, -0.1) is 11.3 Å². The maximum atomic E-state index is 11.0. The maximum Gasteiger partial charge on any atom is 0.308 e. The van der Waals surface area contributed by atoms with Gasteiger partial charge in [-0.1, -0.05) is 0 Å². The molecule has 82 valence electrons. The van der Waals surface area contributed by atoms with E-state index in [1.807, 2.05) is 0 Å². The Morgan fingerprint density at radius 2 is 2.53 bits per heavy atom. The van der Waals surface area contributed by atoms with Gasteiger partial charge in [0.2, 0.25) is 0 Å². The van der Waals surface area contributed by atoms with Crippen molar-refractivity contribution in [2.24, 2.45) is 0 Å². The molecule has 0 aliphatic heterocycles. The molecule has 1 aromatic heterocycles. The fourth-order valence-electron chi connectivity index (χ4n) is 1.51. The molecular weight excluding hydrogens is 214 g/mol. The Bertz CT molecular complexity index is 359. The van der Waals surface area contributed by atoms with Crippen LogP contribution in [0.4, 0.5) is 0 Å². The van der Waals surface area contributed by atoms with Gasteiger partial charge >= 0.3 is 5.97 Å². The molecule has 0 bridgehead atoms. The summed E-state index contributed by atoms with van der Waals surface area (Å²) in [7, 11) is 1.32. The van der Waals surface area contributed by atoms with Crippen LogP contribution < -0.4 is 0 Å². The van der Waals surface area contributed by atoms with E-state index >= 15 is 0 Å². The lowest BCUT2D eigenvalue weighted by molar-refractivity contribution is -0.142. The van der Waals surface area contributed by atoms with E-state index in [0.717, 1.165) is 23.4 Å². The van der Waals surface area contributed by atoms with Gasteiger partial charge in [0, 0.05) is 5.92 Å². The zero-order valence-electron chi connectivity index (χ0n) is 8.47. The van der Waals surface area contributed by atoms with Crippen molar-refractivity contribution in [1.82, 2.24) is 4.98 Å². The number of aliphatic hydroxyl groups is 1. The van der Waals surface area contributed by atoms with Crippen LogP contribution >= 0.6 is 11.3 Å². The Kier molecular flexibility index (Phi) is 3.02. The molecule has 1 aromatic rings.